The van der Waals surface area contributed by atoms with Gasteiger partial charge in [0, 0.05) is 0 Å². The van der Waals surface area contributed by atoms with Crippen molar-refractivity contribution in [2.24, 2.45) is 0 Å². The summed E-state index contributed by atoms with van der Waals surface area (Å²) in [6, 6.07) is 2.46. The molecule has 1 aromatic rings. The molecule has 9 heteroatoms. The average molecular weight is 374 g/mol. The van der Waals surface area contributed by atoms with Crippen LogP contribution in [-0.2, 0) is 15.1 Å². The van der Waals surface area contributed by atoms with Crippen LogP contribution in [-0.4, -0.2) is 30.2 Å². The molecule has 1 aliphatic heterocycles. The van der Waals surface area contributed by atoms with E-state index >= 15 is 0 Å². The SMILES string of the molecule is CC(C)(C)OC(=O)NCC1(c2ccc(Br)o2)NC(=O)NC1=O. The summed E-state index contributed by atoms with van der Waals surface area (Å²) >= 11 is 3.14. The first-order valence-corrected chi connectivity index (χ1v) is 7.28. The maximum absolute atomic E-state index is 12.2. The number of alkyl carbamates (subject to hydrolysis) is 1. The highest BCUT2D eigenvalue weighted by molar-refractivity contribution is 9.10. The molecule has 1 saturated heterocycles. The van der Waals surface area contributed by atoms with Crippen molar-refractivity contribution in [3.8, 4) is 0 Å². The first-order valence-electron chi connectivity index (χ1n) is 6.49. The number of halogens is 1. The zero-order valence-electron chi connectivity index (χ0n) is 12.3. The monoisotopic (exact) mass is 373 g/mol. The lowest BCUT2D eigenvalue weighted by atomic mass is 9.96. The molecular formula is C13H16BrN3O5. The van der Waals surface area contributed by atoms with Crippen LogP contribution in [0.4, 0.5) is 9.59 Å². The number of hydrogen-bond acceptors (Lipinski definition) is 5. The molecule has 120 valence electrons. The highest BCUT2D eigenvalue weighted by Gasteiger charge is 2.50. The van der Waals surface area contributed by atoms with Gasteiger partial charge in [0.15, 0.2) is 10.2 Å². The molecule has 2 rings (SSSR count). The number of imide groups is 1. The van der Waals surface area contributed by atoms with Crippen LogP contribution in [0, 0.1) is 0 Å². The Kier molecular flexibility index (Phi) is 4.19. The number of rotatable bonds is 3. The fraction of sp³-hybridized carbons (Fsp3) is 0.462. The lowest BCUT2D eigenvalue weighted by Crippen LogP contribution is -2.52. The van der Waals surface area contributed by atoms with Crippen molar-refractivity contribution in [2.75, 3.05) is 6.54 Å². The molecule has 3 N–H and O–H groups in total. The second kappa shape index (κ2) is 5.64. The molecule has 1 unspecified atom stereocenters. The molecule has 0 spiro atoms. The van der Waals surface area contributed by atoms with Crippen molar-refractivity contribution in [1.29, 1.82) is 0 Å². The Morgan fingerprint density at radius 3 is 2.55 bits per heavy atom. The molecule has 0 aromatic carbocycles. The lowest BCUT2D eigenvalue weighted by Gasteiger charge is -2.25. The molecule has 0 bridgehead atoms. The van der Waals surface area contributed by atoms with Gasteiger partial charge in [-0.05, 0) is 48.8 Å². The molecule has 22 heavy (non-hydrogen) atoms. The first-order chi connectivity index (χ1) is 10.1. The predicted octanol–water partition coefficient (Wildman–Crippen LogP) is 1.60. The zero-order valence-corrected chi connectivity index (χ0v) is 13.9. The van der Waals surface area contributed by atoms with E-state index in [4.69, 9.17) is 9.15 Å². The average Bonchev–Trinajstić information content (AvgIpc) is 2.90. The summed E-state index contributed by atoms with van der Waals surface area (Å²) in [5.74, 6) is -0.422. The van der Waals surface area contributed by atoms with E-state index < -0.39 is 29.2 Å². The second-order valence-corrected chi connectivity index (χ2v) is 6.55. The number of furan rings is 1. The van der Waals surface area contributed by atoms with E-state index in [1.807, 2.05) is 0 Å². The van der Waals surface area contributed by atoms with Crippen molar-refractivity contribution < 1.29 is 23.5 Å². The van der Waals surface area contributed by atoms with Crippen LogP contribution >= 0.6 is 15.9 Å². The van der Waals surface area contributed by atoms with Crippen molar-refractivity contribution in [3.63, 3.8) is 0 Å². The summed E-state index contributed by atoms with van der Waals surface area (Å²) in [5, 5.41) is 7.08. The molecule has 1 aliphatic rings. The molecule has 4 amide bonds. The van der Waals surface area contributed by atoms with E-state index in [0.29, 0.717) is 4.67 Å². The largest absolute Gasteiger partial charge is 0.451 e. The molecule has 0 saturated carbocycles. The second-order valence-electron chi connectivity index (χ2n) is 5.77. The highest BCUT2D eigenvalue weighted by atomic mass is 79.9. The number of nitrogens with one attached hydrogen (secondary N) is 3. The van der Waals surface area contributed by atoms with E-state index in [0.717, 1.165) is 0 Å². The standard InChI is InChI=1S/C13H16BrN3O5/c1-12(2,3)22-11(20)15-6-13(7-4-5-8(14)21-7)9(18)16-10(19)17-13/h4-5H,6H2,1-3H3,(H,15,20)(H2,16,17,18,19). The summed E-state index contributed by atoms with van der Waals surface area (Å²) in [4.78, 5) is 35.4. The van der Waals surface area contributed by atoms with E-state index in [1.54, 1.807) is 26.8 Å². The fourth-order valence-electron chi connectivity index (χ4n) is 1.94. The Balaban J connectivity index is 2.19. The van der Waals surface area contributed by atoms with Crippen LogP contribution in [0.15, 0.2) is 21.2 Å². The topological polar surface area (TPSA) is 110 Å². The van der Waals surface area contributed by atoms with Crippen LogP contribution in [0.5, 0.6) is 0 Å². The number of hydrogen-bond donors (Lipinski definition) is 3. The van der Waals surface area contributed by atoms with Gasteiger partial charge in [0.2, 0.25) is 0 Å². The van der Waals surface area contributed by atoms with Gasteiger partial charge in [0.1, 0.15) is 11.4 Å². The summed E-state index contributed by atoms with van der Waals surface area (Å²) in [7, 11) is 0. The molecule has 1 aromatic heterocycles. The first kappa shape index (κ1) is 16.3. The lowest BCUT2D eigenvalue weighted by molar-refractivity contribution is -0.124. The Morgan fingerprint density at radius 1 is 1.41 bits per heavy atom. The Labute approximate surface area is 135 Å². The number of carbonyl (C=O) groups excluding carboxylic acids is 3. The Bertz CT molecular complexity index is 621. The molecule has 0 aliphatic carbocycles. The Morgan fingerprint density at radius 2 is 2.09 bits per heavy atom. The summed E-state index contributed by atoms with van der Waals surface area (Å²) < 4.78 is 10.9. The Hall–Kier alpha value is -2.03. The van der Waals surface area contributed by atoms with E-state index in [9.17, 15) is 14.4 Å². The third-order valence-corrected chi connectivity index (χ3v) is 3.26. The van der Waals surface area contributed by atoms with Gasteiger partial charge in [-0.3, -0.25) is 10.1 Å². The van der Waals surface area contributed by atoms with Crippen LogP contribution in [0.2, 0.25) is 0 Å². The number of ether oxygens (including phenoxy) is 1. The van der Waals surface area contributed by atoms with Gasteiger partial charge < -0.3 is 19.8 Å². The third kappa shape index (κ3) is 3.41. The van der Waals surface area contributed by atoms with Gasteiger partial charge in [-0.2, -0.15) is 0 Å². The maximum Gasteiger partial charge on any atom is 0.407 e. The minimum atomic E-state index is -1.51. The fourth-order valence-corrected chi connectivity index (χ4v) is 2.25. The molecule has 0 radical (unpaired) electrons. The van der Waals surface area contributed by atoms with Crippen molar-refractivity contribution >= 4 is 34.0 Å². The number of amides is 4. The zero-order chi connectivity index (χ0) is 16.5. The smallest absolute Gasteiger partial charge is 0.407 e. The predicted molar refractivity (Wildman–Crippen MR) is 79.0 cm³/mol. The summed E-state index contributed by atoms with van der Waals surface area (Å²) in [5.41, 5.74) is -2.19. The molecule has 1 atom stereocenters. The van der Waals surface area contributed by atoms with Gasteiger partial charge >= 0.3 is 12.1 Å². The van der Waals surface area contributed by atoms with Gasteiger partial charge in [0.05, 0.1) is 6.54 Å². The van der Waals surface area contributed by atoms with Crippen LogP contribution in [0.3, 0.4) is 0 Å². The normalized spacial score (nSPS) is 21.3. The van der Waals surface area contributed by atoms with E-state index in [2.05, 4.69) is 31.9 Å². The summed E-state index contributed by atoms with van der Waals surface area (Å²) in [6.07, 6.45) is -0.702. The van der Waals surface area contributed by atoms with Crippen molar-refractivity contribution in [2.45, 2.75) is 31.9 Å². The third-order valence-electron chi connectivity index (χ3n) is 2.83. The van der Waals surface area contributed by atoms with Crippen LogP contribution in [0.25, 0.3) is 0 Å². The van der Waals surface area contributed by atoms with Gasteiger partial charge in [0.25, 0.3) is 5.91 Å². The molecule has 1 fully saturated rings. The highest BCUT2D eigenvalue weighted by Crippen LogP contribution is 2.28. The van der Waals surface area contributed by atoms with Crippen LogP contribution < -0.4 is 16.0 Å². The number of carbonyl (C=O) groups is 3. The van der Waals surface area contributed by atoms with Crippen molar-refractivity contribution in [3.05, 3.63) is 22.6 Å². The van der Waals surface area contributed by atoms with Gasteiger partial charge in [-0.25, -0.2) is 9.59 Å². The van der Waals surface area contributed by atoms with E-state index in [1.165, 1.54) is 6.07 Å². The van der Waals surface area contributed by atoms with Gasteiger partial charge in [-0.1, -0.05) is 0 Å². The maximum atomic E-state index is 12.2. The summed E-state index contributed by atoms with van der Waals surface area (Å²) in [6.45, 7) is 4.95. The van der Waals surface area contributed by atoms with Crippen LogP contribution in [0.1, 0.15) is 26.5 Å². The van der Waals surface area contributed by atoms with Crippen molar-refractivity contribution in [1.82, 2.24) is 16.0 Å². The minimum Gasteiger partial charge on any atom is -0.451 e. The molecule has 2 heterocycles. The van der Waals surface area contributed by atoms with E-state index in [-0.39, 0.29) is 12.3 Å². The number of urea groups is 1. The minimum absolute atomic E-state index is 0.193. The van der Waals surface area contributed by atoms with Gasteiger partial charge in [-0.15, -0.1) is 0 Å². The molecular weight excluding hydrogens is 358 g/mol. The quantitative estimate of drug-likeness (QED) is 0.697. The molecule has 8 nitrogen and oxygen atoms in total.